The van der Waals surface area contributed by atoms with Gasteiger partial charge in [-0.15, -0.1) is 11.8 Å². The Morgan fingerprint density at radius 2 is 1.90 bits per heavy atom. The van der Waals surface area contributed by atoms with Crippen LogP contribution >= 0.6 is 11.8 Å². The second kappa shape index (κ2) is 5.91. The molecule has 3 rings (SSSR count). The van der Waals surface area contributed by atoms with Crippen molar-refractivity contribution in [3.8, 4) is 0 Å². The predicted octanol–water partition coefficient (Wildman–Crippen LogP) is 3.06. The maximum absolute atomic E-state index is 12.5. The van der Waals surface area contributed by atoms with E-state index in [0.717, 1.165) is 18.4 Å². The van der Waals surface area contributed by atoms with Crippen LogP contribution in [0.2, 0.25) is 0 Å². The van der Waals surface area contributed by atoms with E-state index < -0.39 is 0 Å². The van der Waals surface area contributed by atoms with Crippen molar-refractivity contribution in [2.75, 3.05) is 11.1 Å². The fourth-order valence-electron chi connectivity index (χ4n) is 3.47. The summed E-state index contributed by atoms with van der Waals surface area (Å²) in [4.78, 5) is 24.5. The van der Waals surface area contributed by atoms with Crippen LogP contribution in [-0.2, 0) is 4.79 Å². The van der Waals surface area contributed by atoms with Gasteiger partial charge in [-0.25, -0.2) is 0 Å². The van der Waals surface area contributed by atoms with E-state index in [9.17, 15) is 9.59 Å². The Morgan fingerprint density at radius 3 is 2.57 bits per heavy atom. The van der Waals surface area contributed by atoms with E-state index in [4.69, 9.17) is 0 Å². The smallest absolute Gasteiger partial charge is 0.270 e. The molecule has 2 heterocycles. The van der Waals surface area contributed by atoms with Gasteiger partial charge in [0.2, 0.25) is 5.91 Å². The van der Waals surface area contributed by atoms with E-state index in [1.54, 1.807) is 16.4 Å². The normalized spacial score (nSPS) is 23.8. The van der Waals surface area contributed by atoms with Gasteiger partial charge in [0.1, 0.15) is 5.82 Å². The highest BCUT2D eigenvalue weighted by Gasteiger charge is 2.35. The molecule has 5 nitrogen and oxygen atoms in total. The quantitative estimate of drug-likeness (QED) is 0.882. The topological polar surface area (TPSA) is 66.9 Å². The van der Waals surface area contributed by atoms with Gasteiger partial charge >= 0.3 is 0 Å². The molecule has 1 aromatic rings. The van der Waals surface area contributed by atoms with Crippen LogP contribution in [0.5, 0.6) is 0 Å². The molecule has 2 N–H and O–H groups in total. The minimum Gasteiger partial charge on any atom is -0.310 e. The van der Waals surface area contributed by atoms with E-state index in [1.807, 2.05) is 13.8 Å². The molecule has 0 radical (unpaired) electrons. The molecular weight excluding hydrogens is 286 g/mol. The van der Waals surface area contributed by atoms with Crippen molar-refractivity contribution in [1.82, 2.24) is 9.78 Å². The average molecular weight is 309 g/mol. The van der Waals surface area contributed by atoms with Crippen molar-refractivity contribution in [3.63, 3.8) is 0 Å². The van der Waals surface area contributed by atoms with E-state index >= 15 is 0 Å². The lowest BCUT2D eigenvalue weighted by molar-refractivity contribution is -0.113. The Kier molecular flexibility index (Phi) is 4.15. The summed E-state index contributed by atoms with van der Waals surface area (Å²) < 4.78 is 1.80. The number of H-pyrrole nitrogens is 1. The molecule has 1 saturated carbocycles. The number of hydrogen-bond acceptors (Lipinski definition) is 3. The minimum absolute atomic E-state index is 0.00652. The summed E-state index contributed by atoms with van der Waals surface area (Å²) in [6, 6.07) is 0.122. The number of fused-ring (bicyclic) bond motifs is 1. The second-order valence-corrected chi connectivity index (χ2v) is 7.47. The summed E-state index contributed by atoms with van der Waals surface area (Å²) in [6.07, 6.45) is 6.10. The van der Waals surface area contributed by atoms with Crippen LogP contribution in [0.25, 0.3) is 0 Å². The van der Waals surface area contributed by atoms with Crippen molar-refractivity contribution < 1.29 is 4.79 Å². The van der Waals surface area contributed by atoms with Crippen LogP contribution in [0, 0.1) is 5.92 Å². The SMILES string of the molecule is CC(C)n1[nH]c(=O)c2c1NC(=O)CS[C@@H]2C1CCCCC1. The highest BCUT2D eigenvalue weighted by atomic mass is 32.2. The van der Waals surface area contributed by atoms with Crippen LogP contribution in [0.15, 0.2) is 4.79 Å². The number of nitrogens with zero attached hydrogens (tertiary/aromatic N) is 1. The van der Waals surface area contributed by atoms with Gasteiger partial charge in [-0.3, -0.25) is 19.4 Å². The third-order valence-corrected chi connectivity index (χ3v) is 5.90. The fraction of sp³-hybridized carbons (Fsp3) is 0.733. The van der Waals surface area contributed by atoms with Gasteiger partial charge < -0.3 is 5.32 Å². The van der Waals surface area contributed by atoms with Gasteiger partial charge in [-0.1, -0.05) is 19.3 Å². The summed E-state index contributed by atoms with van der Waals surface area (Å²) in [7, 11) is 0. The van der Waals surface area contributed by atoms with Gasteiger partial charge in [0.05, 0.1) is 11.3 Å². The lowest BCUT2D eigenvalue weighted by Gasteiger charge is -2.28. The molecule has 1 atom stereocenters. The van der Waals surface area contributed by atoms with Crippen LogP contribution in [0.3, 0.4) is 0 Å². The van der Waals surface area contributed by atoms with Crippen LogP contribution in [-0.4, -0.2) is 21.4 Å². The number of aromatic amines is 1. The Balaban J connectivity index is 2.04. The maximum Gasteiger partial charge on any atom is 0.270 e. The van der Waals surface area contributed by atoms with Gasteiger partial charge in [0.15, 0.2) is 0 Å². The van der Waals surface area contributed by atoms with E-state index in [0.29, 0.717) is 17.5 Å². The summed E-state index contributed by atoms with van der Waals surface area (Å²) in [5, 5.41) is 5.98. The summed E-state index contributed by atoms with van der Waals surface area (Å²) in [5.74, 6) is 1.64. The van der Waals surface area contributed by atoms with E-state index in [2.05, 4.69) is 10.4 Å². The van der Waals surface area contributed by atoms with Crippen molar-refractivity contribution in [1.29, 1.82) is 0 Å². The molecule has 6 heteroatoms. The number of thioether (sulfide) groups is 1. The number of carbonyl (C=O) groups is 1. The fourth-order valence-corrected chi connectivity index (χ4v) is 4.80. The molecule has 0 aromatic carbocycles. The van der Waals surface area contributed by atoms with Crippen molar-refractivity contribution in [3.05, 3.63) is 15.9 Å². The number of aromatic nitrogens is 2. The number of nitrogens with one attached hydrogen (secondary N) is 2. The van der Waals surface area contributed by atoms with E-state index in [1.165, 1.54) is 19.3 Å². The Morgan fingerprint density at radius 1 is 1.19 bits per heavy atom. The molecule has 2 aliphatic rings. The van der Waals surface area contributed by atoms with Crippen molar-refractivity contribution in [2.45, 2.75) is 57.2 Å². The number of rotatable bonds is 2. The first-order valence-electron chi connectivity index (χ1n) is 7.83. The average Bonchev–Trinajstić information content (AvgIpc) is 2.68. The first-order valence-corrected chi connectivity index (χ1v) is 8.88. The lowest BCUT2D eigenvalue weighted by atomic mass is 9.85. The molecule has 1 aromatic heterocycles. The molecule has 1 aliphatic carbocycles. The lowest BCUT2D eigenvalue weighted by Crippen LogP contribution is -2.19. The van der Waals surface area contributed by atoms with Gasteiger partial charge in [0, 0.05) is 11.3 Å². The number of anilines is 1. The third-order valence-electron chi connectivity index (χ3n) is 4.49. The summed E-state index contributed by atoms with van der Waals surface area (Å²) in [6.45, 7) is 4.02. The van der Waals surface area contributed by atoms with E-state index in [-0.39, 0.29) is 22.8 Å². The maximum atomic E-state index is 12.5. The molecule has 0 spiro atoms. The number of carbonyl (C=O) groups excluding carboxylic acids is 1. The van der Waals surface area contributed by atoms with Crippen LogP contribution in [0.1, 0.15) is 62.8 Å². The van der Waals surface area contributed by atoms with Gasteiger partial charge in [0.25, 0.3) is 5.56 Å². The molecule has 0 saturated heterocycles. The molecule has 1 amide bonds. The number of hydrogen-bond donors (Lipinski definition) is 2. The van der Waals surface area contributed by atoms with Crippen LogP contribution < -0.4 is 10.9 Å². The zero-order chi connectivity index (χ0) is 15.0. The van der Waals surface area contributed by atoms with Gasteiger partial charge in [-0.2, -0.15) is 0 Å². The first-order chi connectivity index (χ1) is 10.1. The Bertz CT molecular complexity index is 584. The summed E-state index contributed by atoms with van der Waals surface area (Å²) >= 11 is 1.64. The van der Waals surface area contributed by atoms with Crippen molar-refractivity contribution in [2.24, 2.45) is 5.92 Å². The summed E-state index contributed by atoms with van der Waals surface area (Å²) in [5.41, 5.74) is 0.746. The largest absolute Gasteiger partial charge is 0.310 e. The molecule has 1 fully saturated rings. The zero-order valence-electron chi connectivity index (χ0n) is 12.6. The highest BCUT2D eigenvalue weighted by Crippen LogP contribution is 2.45. The number of amides is 1. The first kappa shape index (κ1) is 14.8. The third kappa shape index (κ3) is 2.78. The zero-order valence-corrected chi connectivity index (χ0v) is 13.5. The highest BCUT2D eigenvalue weighted by molar-refractivity contribution is 8.00. The van der Waals surface area contributed by atoms with Crippen LogP contribution in [0.4, 0.5) is 5.82 Å². The molecular formula is C15H23N3O2S. The second-order valence-electron chi connectivity index (χ2n) is 6.34. The van der Waals surface area contributed by atoms with Gasteiger partial charge in [-0.05, 0) is 32.6 Å². The minimum atomic E-state index is -0.0380. The Labute approximate surface area is 128 Å². The molecule has 0 bridgehead atoms. The Hall–Kier alpha value is -1.17. The monoisotopic (exact) mass is 309 g/mol. The van der Waals surface area contributed by atoms with Crippen molar-refractivity contribution >= 4 is 23.5 Å². The molecule has 0 unspecified atom stereocenters. The molecule has 1 aliphatic heterocycles. The molecule has 21 heavy (non-hydrogen) atoms. The predicted molar refractivity (Wildman–Crippen MR) is 85.8 cm³/mol. The standard InChI is InChI=1S/C15H23N3O2S/c1-9(2)18-14-12(15(20)17-18)13(21-8-11(19)16-14)10-6-4-3-5-7-10/h9-10,13H,3-8H2,1-2H3,(H,16,19)(H,17,20)/t13-/m1/s1. The molecule has 116 valence electrons.